The molecule has 1 aromatic rings. The van der Waals surface area contributed by atoms with Gasteiger partial charge in [0.05, 0.1) is 12.0 Å². The van der Waals surface area contributed by atoms with E-state index in [0.717, 1.165) is 63.8 Å². The van der Waals surface area contributed by atoms with Gasteiger partial charge in [-0.05, 0) is 116 Å². The predicted molar refractivity (Wildman–Crippen MR) is 172 cm³/mol. The first kappa shape index (κ1) is 30.9. The van der Waals surface area contributed by atoms with Crippen LogP contribution in [0.5, 0.6) is 0 Å². The van der Waals surface area contributed by atoms with E-state index >= 15 is 0 Å². The fourth-order valence-electron chi connectivity index (χ4n) is 8.52. The number of aliphatic hydroxyl groups excluding tert-OH is 1. The van der Waals surface area contributed by atoms with E-state index in [-0.39, 0.29) is 16.8 Å². The Morgan fingerprint density at radius 2 is 1.83 bits per heavy atom. The number of aryl methyl sites for hydroxylation is 1. The van der Waals surface area contributed by atoms with Gasteiger partial charge >= 0.3 is 5.97 Å². The molecule has 0 radical (unpaired) electrons. The number of ether oxygens (including phenoxy) is 1. The molecule has 1 aromatic carbocycles. The maximum atomic E-state index is 12.4. The molecule has 3 aliphatic carbocycles. The zero-order chi connectivity index (χ0) is 30.7. The summed E-state index contributed by atoms with van der Waals surface area (Å²) in [6.45, 7) is 35.3. The van der Waals surface area contributed by atoms with Crippen molar-refractivity contribution in [1.29, 1.82) is 0 Å². The van der Waals surface area contributed by atoms with E-state index in [9.17, 15) is 9.90 Å². The molecule has 0 saturated carbocycles. The molecule has 41 heavy (non-hydrogen) atoms. The van der Waals surface area contributed by atoms with Crippen LogP contribution in [0, 0.1) is 23.2 Å². The summed E-state index contributed by atoms with van der Waals surface area (Å²) in [5.74, 6) is 0.552. The van der Waals surface area contributed by atoms with Gasteiger partial charge in [0.15, 0.2) is 0 Å². The number of rotatable bonds is 8. The second kappa shape index (κ2) is 10.6. The summed E-state index contributed by atoms with van der Waals surface area (Å²) in [4.78, 5) is 12.4. The zero-order valence-corrected chi connectivity index (χ0v) is 26.8. The second-order valence-corrected chi connectivity index (χ2v) is 13.9. The zero-order valence-electron chi connectivity index (χ0n) is 26.8. The Kier molecular flexibility index (Phi) is 8.02. The predicted octanol–water partition coefficient (Wildman–Crippen LogP) is 9.83. The van der Waals surface area contributed by atoms with Crippen molar-refractivity contribution in [2.24, 2.45) is 16.2 Å². The molecule has 0 amide bonds. The number of allylic oxidation sites excluding steroid dienone is 6. The highest BCUT2D eigenvalue weighted by molar-refractivity contribution is 5.87. The van der Waals surface area contributed by atoms with Gasteiger partial charge in [-0.1, -0.05) is 70.7 Å². The van der Waals surface area contributed by atoms with Crippen molar-refractivity contribution in [1.82, 2.24) is 0 Å². The Labute approximate surface area is 248 Å². The Morgan fingerprint density at radius 1 is 1.17 bits per heavy atom. The Morgan fingerprint density at radius 3 is 2.41 bits per heavy atom. The molecule has 3 nitrogen and oxygen atoms in total. The molecular formula is C38H50O3. The van der Waals surface area contributed by atoms with Gasteiger partial charge in [0.2, 0.25) is 0 Å². The van der Waals surface area contributed by atoms with E-state index in [0.29, 0.717) is 37.5 Å². The molecular weight excluding hydrogens is 504 g/mol. The monoisotopic (exact) mass is 554 g/mol. The number of benzene rings is 1. The number of carbonyl (C=O) groups excluding carboxylic acids is 1. The Balaban J connectivity index is 1.86. The number of carbonyl (C=O) groups is 1. The fraction of sp³-hybridized carbons (Fsp3) is 0.500. The molecule has 3 atom stereocenters. The smallest absolute Gasteiger partial charge is 0.306 e. The summed E-state index contributed by atoms with van der Waals surface area (Å²) in [6.07, 6.45) is 6.04. The van der Waals surface area contributed by atoms with Crippen molar-refractivity contribution >= 4 is 11.5 Å². The number of hydrogen-bond donors (Lipinski definition) is 1. The second-order valence-electron chi connectivity index (χ2n) is 13.9. The van der Waals surface area contributed by atoms with Crippen molar-refractivity contribution in [2.45, 2.75) is 99.8 Å². The molecule has 3 heteroatoms. The van der Waals surface area contributed by atoms with Crippen LogP contribution in [0.2, 0.25) is 0 Å². The number of hydrogen-bond acceptors (Lipinski definition) is 3. The van der Waals surface area contributed by atoms with Crippen LogP contribution in [0.4, 0.5) is 0 Å². The topological polar surface area (TPSA) is 46.5 Å². The summed E-state index contributed by atoms with van der Waals surface area (Å²) in [5.41, 5.74) is 11.3. The van der Waals surface area contributed by atoms with Gasteiger partial charge in [0, 0.05) is 17.4 Å². The van der Waals surface area contributed by atoms with Crippen LogP contribution in [0.25, 0.3) is 5.57 Å². The SMILES string of the molecule is C=CCCOC(=O)CCc1cc(C(C)C)c2c(c1C)C(=C)C1=C(O)[C@@]3(C)C(=C)C(C(=C)C)=C(C)C[C@@]3(C)C[C@@]1(C)C2. The number of esters is 1. The Bertz CT molecular complexity index is 1430. The lowest BCUT2D eigenvalue weighted by molar-refractivity contribution is -0.143. The highest BCUT2D eigenvalue weighted by atomic mass is 16.5. The van der Waals surface area contributed by atoms with E-state index < -0.39 is 5.41 Å². The number of fused-ring (bicyclic) bond motifs is 3. The van der Waals surface area contributed by atoms with Crippen LogP contribution in [0.1, 0.15) is 108 Å². The molecule has 0 aromatic heterocycles. The van der Waals surface area contributed by atoms with Crippen molar-refractivity contribution in [2.75, 3.05) is 6.61 Å². The Hall–Kier alpha value is -3.07. The maximum absolute atomic E-state index is 12.4. The summed E-state index contributed by atoms with van der Waals surface area (Å²) >= 11 is 0. The number of aliphatic hydroxyl groups is 1. The van der Waals surface area contributed by atoms with Gasteiger partial charge < -0.3 is 9.84 Å². The molecule has 0 unspecified atom stereocenters. The molecule has 0 aliphatic heterocycles. The third-order valence-corrected chi connectivity index (χ3v) is 10.5. The van der Waals surface area contributed by atoms with Crippen molar-refractivity contribution in [3.63, 3.8) is 0 Å². The van der Waals surface area contributed by atoms with Gasteiger partial charge in [-0.3, -0.25) is 4.79 Å². The molecule has 220 valence electrons. The van der Waals surface area contributed by atoms with E-state index in [2.05, 4.69) is 74.3 Å². The van der Waals surface area contributed by atoms with Crippen LogP contribution >= 0.6 is 0 Å². The molecule has 0 spiro atoms. The lowest BCUT2D eigenvalue weighted by Gasteiger charge is -2.60. The van der Waals surface area contributed by atoms with E-state index in [1.54, 1.807) is 6.08 Å². The first-order chi connectivity index (χ1) is 19.0. The highest BCUT2D eigenvalue weighted by Crippen LogP contribution is 2.70. The van der Waals surface area contributed by atoms with Crippen molar-refractivity contribution < 1.29 is 14.6 Å². The molecule has 0 bridgehead atoms. The third-order valence-electron chi connectivity index (χ3n) is 10.5. The van der Waals surface area contributed by atoms with E-state index in [1.165, 1.54) is 16.7 Å². The standard InChI is InChI=1S/C38H50O3/c1-13-14-17-41-31(39)16-15-28-18-29(22(2)3)30-20-36(10)21-37(11)19-24(6)32(23(4)5)27(9)38(37,12)35(40)34(36)26(8)33(30)25(28)7/h13,18,22,40H,1,4,8-9,14-17,19-21H2,2-3,5-7,10-12H3/t36-,37+,38-/m1/s1. The van der Waals surface area contributed by atoms with Crippen LogP contribution in [0.15, 0.2) is 72.1 Å². The summed E-state index contributed by atoms with van der Waals surface area (Å²) < 4.78 is 5.38. The quantitative estimate of drug-likeness (QED) is 0.198. The van der Waals surface area contributed by atoms with Gasteiger partial charge in [-0.2, -0.15) is 0 Å². The van der Waals surface area contributed by atoms with Gasteiger partial charge in [-0.25, -0.2) is 0 Å². The molecule has 0 fully saturated rings. The van der Waals surface area contributed by atoms with Crippen LogP contribution < -0.4 is 0 Å². The lowest BCUT2D eigenvalue weighted by atomic mass is 9.43. The van der Waals surface area contributed by atoms with E-state index in [4.69, 9.17) is 11.3 Å². The summed E-state index contributed by atoms with van der Waals surface area (Å²) in [6, 6.07) is 2.31. The van der Waals surface area contributed by atoms with Crippen molar-refractivity contribution in [3.05, 3.63) is 99.9 Å². The maximum Gasteiger partial charge on any atom is 0.306 e. The van der Waals surface area contributed by atoms with Gasteiger partial charge in [0.1, 0.15) is 5.76 Å². The first-order valence-corrected chi connectivity index (χ1v) is 15.1. The first-order valence-electron chi connectivity index (χ1n) is 15.1. The lowest BCUT2D eigenvalue weighted by Crippen LogP contribution is -2.53. The van der Waals surface area contributed by atoms with E-state index in [1.807, 2.05) is 6.92 Å². The highest BCUT2D eigenvalue weighted by Gasteiger charge is 2.61. The summed E-state index contributed by atoms with van der Waals surface area (Å²) in [5, 5.41) is 12.4. The largest absolute Gasteiger partial charge is 0.511 e. The van der Waals surface area contributed by atoms with Crippen LogP contribution in [-0.4, -0.2) is 17.7 Å². The minimum absolute atomic E-state index is 0.186. The van der Waals surface area contributed by atoms with Crippen LogP contribution in [0.3, 0.4) is 0 Å². The van der Waals surface area contributed by atoms with Gasteiger partial charge in [0.25, 0.3) is 0 Å². The normalized spacial score (nSPS) is 27.4. The minimum atomic E-state index is -0.613. The third kappa shape index (κ3) is 4.70. The van der Waals surface area contributed by atoms with Gasteiger partial charge in [-0.15, -0.1) is 6.58 Å². The molecule has 0 heterocycles. The average Bonchev–Trinajstić information content (AvgIpc) is 2.85. The average molecular weight is 555 g/mol. The fourth-order valence-corrected chi connectivity index (χ4v) is 8.52. The molecule has 3 aliphatic rings. The molecule has 1 N–H and O–H groups in total. The van der Waals surface area contributed by atoms with Crippen molar-refractivity contribution in [3.8, 4) is 0 Å². The molecule has 0 saturated heterocycles. The summed E-state index contributed by atoms with van der Waals surface area (Å²) in [7, 11) is 0. The minimum Gasteiger partial charge on any atom is -0.511 e. The molecule has 4 rings (SSSR count). The van der Waals surface area contributed by atoms with Crippen LogP contribution in [-0.2, 0) is 22.4 Å².